The van der Waals surface area contributed by atoms with Crippen molar-refractivity contribution in [1.29, 1.82) is 0 Å². The van der Waals surface area contributed by atoms with Gasteiger partial charge in [0.05, 0.1) is 5.69 Å². The van der Waals surface area contributed by atoms with Crippen LogP contribution in [0.25, 0.3) is 0 Å². The van der Waals surface area contributed by atoms with E-state index in [0.29, 0.717) is 0 Å². The van der Waals surface area contributed by atoms with Crippen LogP contribution in [-0.4, -0.2) is 26.0 Å². The maximum Gasteiger partial charge on any atom is 0.326 e. The van der Waals surface area contributed by atoms with Crippen molar-refractivity contribution in [2.45, 2.75) is 39.5 Å². The molecule has 0 atom stereocenters. The van der Waals surface area contributed by atoms with Gasteiger partial charge in [-0.2, -0.15) is 8.42 Å². The van der Waals surface area contributed by atoms with Crippen molar-refractivity contribution in [1.82, 2.24) is 4.72 Å². The van der Waals surface area contributed by atoms with Crippen molar-refractivity contribution in [3.63, 3.8) is 0 Å². The average molecular weight is 312 g/mol. The van der Waals surface area contributed by atoms with Crippen LogP contribution >= 0.6 is 0 Å². The number of benzene rings is 1. The lowest BCUT2D eigenvalue weighted by molar-refractivity contribution is -0.117. The van der Waals surface area contributed by atoms with E-state index >= 15 is 0 Å². The molecule has 0 aromatic heterocycles. The summed E-state index contributed by atoms with van der Waals surface area (Å²) in [5, 5.41) is 10.0. The summed E-state index contributed by atoms with van der Waals surface area (Å²) in [4.78, 5) is 11.3. The van der Waals surface area contributed by atoms with Crippen LogP contribution in [0.15, 0.2) is 12.1 Å². The van der Waals surface area contributed by atoms with Gasteiger partial charge >= 0.3 is 10.2 Å². The Kier molecular flexibility index (Phi) is 4.41. The molecule has 0 radical (unpaired) electrons. The number of carbonyl (C=O) groups is 1. The standard InChI is InChI=1S/C14H20N2O4S/c1-3-4-5-6-11-8-12(13(17)7-10(11)2)16-9-14(18)15-21(16,19)20/h7-8,17H,3-6,9H2,1-2H3,(H,15,18). The number of aryl methyl sites for hydroxylation is 2. The van der Waals surface area contributed by atoms with E-state index in [1.165, 1.54) is 0 Å². The summed E-state index contributed by atoms with van der Waals surface area (Å²) in [5.41, 5.74) is 2.07. The molecular weight excluding hydrogens is 292 g/mol. The number of nitrogens with one attached hydrogen (secondary N) is 1. The Labute approximate surface area is 125 Å². The Morgan fingerprint density at radius 3 is 2.62 bits per heavy atom. The number of carbonyl (C=O) groups excluding carboxylic acids is 1. The Hall–Kier alpha value is -1.76. The minimum Gasteiger partial charge on any atom is -0.506 e. The number of amides is 1. The van der Waals surface area contributed by atoms with E-state index in [-0.39, 0.29) is 18.0 Å². The second kappa shape index (κ2) is 5.93. The second-order valence-corrected chi connectivity index (χ2v) is 6.86. The quantitative estimate of drug-likeness (QED) is 0.809. The van der Waals surface area contributed by atoms with Crippen LogP contribution in [0.3, 0.4) is 0 Å². The van der Waals surface area contributed by atoms with E-state index in [0.717, 1.165) is 41.1 Å². The second-order valence-electron chi connectivity index (χ2n) is 5.26. The average Bonchev–Trinajstić information content (AvgIpc) is 2.65. The SMILES string of the molecule is CCCCCc1cc(N2CC(=O)NS2(=O)=O)c(O)cc1C. The summed E-state index contributed by atoms with van der Waals surface area (Å²) < 4.78 is 26.5. The molecule has 0 saturated carbocycles. The number of anilines is 1. The predicted molar refractivity (Wildman–Crippen MR) is 80.5 cm³/mol. The molecular formula is C14H20N2O4S. The molecule has 1 aliphatic rings. The first-order valence-corrected chi connectivity index (χ1v) is 8.45. The smallest absolute Gasteiger partial charge is 0.326 e. The van der Waals surface area contributed by atoms with Gasteiger partial charge in [-0.15, -0.1) is 0 Å². The molecule has 1 saturated heterocycles. The van der Waals surface area contributed by atoms with Gasteiger partial charge in [-0.3, -0.25) is 4.79 Å². The highest BCUT2D eigenvalue weighted by molar-refractivity contribution is 7.92. The van der Waals surface area contributed by atoms with Crippen molar-refractivity contribution in [3.8, 4) is 5.75 Å². The topological polar surface area (TPSA) is 86.7 Å². The summed E-state index contributed by atoms with van der Waals surface area (Å²) in [6.45, 7) is 3.70. The highest BCUT2D eigenvalue weighted by Crippen LogP contribution is 2.33. The molecule has 6 nitrogen and oxygen atoms in total. The van der Waals surface area contributed by atoms with Crippen molar-refractivity contribution < 1.29 is 18.3 Å². The third kappa shape index (κ3) is 3.29. The van der Waals surface area contributed by atoms with Gasteiger partial charge in [0.2, 0.25) is 0 Å². The van der Waals surface area contributed by atoms with Crippen molar-refractivity contribution in [2.24, 2.45) is 0 Å². The molecule has 1 aromatic rings. The zero-order valence-electron chi connectivity index (χ0n) is 12.2. The number of unbranched alkanes of at least 4 members (excludes halogenated alkanes) is 2. The molecule has 1 heterocycles. The van der Waals surface area contributed by atoms with Gasteiger partial charge in [-0.25, -0.2) is 9.03 Å². The number of hydrogen-bond donors (Lipinski definition) is 2. The van der Waals surface area contributed by atoms with Gasteiger partial charge in [0, 0.05) is 0 Å². The predicted octanol–water partition coefficient (Wildman–Crippen LogP) is 1.61. The lowest BCUT2D eigenvalue weighted by atomic mass is 10.0. The molecule has 1 fully saturated rings. The molecule has 21 heavy (non-hydrogen) atoms. The van der Waals surface area contributed by atoms with Gasteiger partial charge in [0.15, 0.2) is 0 Å². The Morgan fingerprint density at radius 2 is 2.05 bits per heavy atom. The zero-order valence-corrected chi connectivity index (χ0v) is 13.0. The normalized spacial score (nSPS) is 17.0. The van der Waals surface area contributed by atoms with Gasteiger partial charge in [0.25, 0.3) is 5.91 Å². The van der Waals surface area contributed by atoms with Gasteiger partial charge in [-0.05, 0) is 43.0 Å². The molecule has 0 bridgehead atoms. The number of hydrogen-bond acceptors (Lipinski definition) is 4. The third-order valence-corrected chi connectivity index (χ3v) is 4.96. The monoisotopic (exact) mass is 312 g/mol. The summed E-state index contributed by atoms with van der Waals surface area (Å²) >= 11 is 0. The van der Waals surface area contributed by atoms with Crippen molar-refractivity contribution in [3.05, 3.63) is 23.3 Å². The fraction of sp³-hybridized carbons (Fsp3) is 0.500. The first kappa shape index (κ1) is 15.6. The fourth-order valence-electron chi connectivity index (χ4n) is 2.42. The summed E-state index contributed by atoms with van der Waals surface area (Å²) in [7, 11) is -3.89. The van der Waals surface area contributed by atoms with Crippen molar-refractivity contribution in [2.75, 3.05) is 10.8 Å². The van der Waals surface area contributed by atoms with E-state index in [4.69, 9.17) is 0 Å². The molecule has 0 unspecified atom stereocenters. The van der Waals surface area contributed by atoms with Crippen LogP contribution < -0.4 is 9.03 Å². The molecule has 7 heteroatoms. The van der Waals surface area contributed by atoms with Crippen LogP contribution in [0.5, 0.6) is 5.75 Å². The van der Waals surface area contributed by atoms with E-state index in [9.17, 15) is 18.3 Å². The van der Waals surface area contributed by atoms with E-state index in [1.807, 2.05) is 11.6 Å². The maximum absolute atomic E-state index is 11.9. The molecule has 0 aliphatic carbocycles. The number of rotatable bonds is 5. The molecule has 2 N–H and O–H groups in total. The summed E-state index contributed by atoms with van der Waals surface area (Å²) in [6.07, 6.45) is 4.02. The van der Waals surface area contributed by atoms with Crippen molar-refractivity contribution >= 4 is 21.8 Å². The molecule has 1 amide bonds. The van der Waals surface area contributed by atoms with Crippen LogP contribution in [0.2, 0.25) is 0 Å². The third-order valence-electron chi connectivity index (χ3n) is 3.57. The lowest BCUT2D eigenvalue weighted by Gasteiger charge is -2.18. The molecule has 1 aromatic carbocycles. The molecule has 1 aliphatic heterocycles. The lowest BCUT2D eigenvalue weighted by Crippen LogP contribution is -2.29. The molecule has 116 valence electrons. The number of phenols is 1. The Morgan fingerprint density at radius 1 is 1.33 bits per heavy atom. The number of nitrogens with zero attached hydrogens (tertiary/aromatic N) is 1. The van der Waals surface area contributed by atoms with Gasteiger partial charge in [0.1, 0.15) is 12.3 Å². The largest absolute Gasteiger partial charge is 0.506 e. The summed E-state index contributed by atoms with van der Waals surface area (Å²) in [5.74, 6) is -0.727. The highest BCUT2D eigenvalue weighted by atomic mass is 32.2. The zero-order chi connectivity index (χ0) is 15.6. The minimum atomic E-state index is -3.89. The number of aromatic hydroxyl groups is 1. The Bertz CT molecular complexity index is 655. The first-order chi connectivity index (χ1) is 9.85. The Balaban J connectivity index is 2.35. The van der Waals surface area contributed by atoms with Crippen LogP contribution in [0.4, 0.5) is 5.69 Å². The fourth-order valence-corrected chi connectivity index (χ4v) is 3.58. The van der Waals surface area contributed by atoms with E-state index in [1.54, 1.807) is 12.1 Å². The number of phenolic OH excluding ortho intramolecular Hbond substituents is 1. The maximum atomic E-state index is 11.9. The first-order valence-electron chi connectivity index (χ1n) is 7.01. The van der Waals surface area contributed by atoms with E-state index in [2.05, 4.69) is 6.92 Å². The molecule has 0 spiro atoms. The minimum absolute atomic E-state index is 0.133. The highest BCUT2D eigenvalue weighted by Gasteiger charge is 2.35. The molecule has 2 rings (SSSR count). The van der Waals surface area contributed by atoms with Gasteiger partial charge in [-0.1, -0.05) is 19.8 Å². The van der Waals surface area contributed by atoms with Crippen LogP contribution in [0, 0.1) is 6.92 Å². The van der Waals surface area contributed by atoms with Crippen LogP contribution in [-0.2, 0) is 21.4 Å². The van der Waals surface area contributed by atoms with Gasteiger partial charge < -0.3 is 5.11 Å². The van der Waals surface area contributed by atoms with Crippen LogP contribution in [0.1, 0.15) is 37.3 Å². The van der Waals surface area contributed by atoms with E-state index < -0.39 is 16.1 Å². The summed E-state index contributed by atoms with van der Waals surface area (Å²) in [6, 6.07) is 3.22.